The van der Waals surface area contributed by atoms with Gasteiger partial charge in [0.2, 0.25) is 17.8 Å². The van der Waals surface area contributed by atoms with Crippen LogP contribution in [0.25, 0.3) is 27.6 Å². The molecule has 1 aliphatic heterocycles. The number of aromatic nitrogens is 13. The number of ether oxygens (including phenoxy) is 3. The molecule has 2 aliphatic rings. The number of rotatable bonds is 15. The van der Waals surface area contributed by atoms with E-state index in [4.69, 9.17) is 54.6 Å². The summed E-state index contributed by atoms with van der Waals surface area (Å²) in [4.78, 5) is 80.5. The van der Waals surface area contributed by atoms with E-state index in [2.05, 4.69) is 60.6 Å². The van der Waals surface area contributed by atoms with Crippen molar-refractivity contribution < 1.29 is 23.8 Å². The first-order valence-corrected chi connectivity index (χ1v) is 28.1. The van der Waals surface area contributed by atoms with Gasteiger partial charge >= 0.3 is 0 Å². The van der Waals surface area contributed by atoms with E-state index in [1.807, 2.05) is 75.3 Å². The number of methoxy groups -OCH3 is 3. The number of amides is 2. The molecule has 0 bridgehead atoms. The van der Waals surface area contributed by atoms with Crippen molar-refractivity contribution in [2.75, 3.05) is 45.1 Å². The molecular formula is C61H63Cl2N17O6. The summed E-state index contributed by atoms with van der Waals surface area (Å²) in [5.41, 5.74) is 33.6. The molecule has 442 valence electrons. The largest absolute Gasteiger partial charge is 0.496 e. The third kappa shape index (κ3) is 11.7. The van der Waals surface area contributed by atoms with E-state index in [0.29, 0.717) is 77.3 Å². The second-order valence-corrected chi connectivity index (χ2v) is 21.5. The molecule has 0 unspecified atom stereocenters. The molecule has 23 nitrogen and oxygen atoms in total. The average molecular weight is 1200 g/mol. The normalized spacial score (nSPS) is 12.5. The van der Waals surface area contributed by atoms with Crippen LogP contribution < -0.4 is 37.0 Å². The van der Waals surface area contributed by atoms with Crippen LogP contribution in [0.15, 0.2) is 84.8 Å². The number of carbonyl (C=O) groups excluding carboxylic acids is 2. The van der Waals surface area contributed by atoms with E-state index < -0.39 is 0 Å². The summed E-state index contributed by atoms with van der Waals surface area (Å²) in [5.74, 6) is 2.24. The van der Waals surface area contributed by atoms with Crippen LogP contribution in [-0.4, -0.2) is 108 Å². The smallest absolute Gasteiger partial charge is 0.261 e. The molecule has 0 fully saturated rings. The van der Waals surface area contributed by atoms with Crippen molar-refractivity contribution in [1.29, 1.82) is 0 Å². The molecule has 0 radical (unpaired) electrons. The zero-order valence-corrected chi connectivity index (χ0v) is 50.4. The molecule has 86 heavy (non-hydrogen) atoms. The number of halogens is 2. The van der Waals surface area contributed by atoms with Crippen molar-refractivity contribution in [3.63, 3.8) is 0 Å². The van der Waals surface area contributed by atoms with Crippen molar-refractivity contribution in [2.24, 2.45) is 0 Å². The SMILES string of the molecule is COc1c(C)cnc(CC2=CCc3c2nc(N)[nH]c3=O)c1C.COc1c(C)cnc(Cc2cn(CCN3C(=O)c4ccccc4C3=O)c3c(Cl)nc(N)nc23)c1C.COc1c(C)cnc(Cc2cn(CCn3ccnc3)c3c(Cl)nc(N)nc23)c1C. The van der Waals surface area contributed by atoms with Crippen molar-refractivity contribution in [3.8, 4) is 17.2 Å². The maximum absolute atomic E-state index is 12.8. The Kier molecular flexibility index (Phi) is 17.2. The zero-order chi connectivity index (χ0) is 61.2. The molecule has 9 aromatic heterocycles. The van der Waals surface area contributed by atoms with Crippen molar-refractivity contribution >= 4 is 80.5 Å². The number of nitrogens with zero attached hydrogens (tertiary/aromatic N) is 13. The number of pyridine rings is 3. The lowest BCUT2D eigenvalue weighted by Crippen LogP contribution is -2.32. The Morgan fingerprint density at radius 1 is 0.605 bits per heavy atom. The number of hydrogen-bond acceptors (Lipinski definition) is 18. The first kappa shape index (κ1) is 59.4. The molecule has 7 N–H and O–H groups in total. The molecule has 1 aromatic carbocycles. The van der Waals surface area contributed by atoms with Crippen LogP contribution in [0.5, 0.6) is 17.2 Å². The summed E-state index contributed by atoms with van der Waals surface area (Å²) >= 11 is 12.9. The number of anilines is 3. The topological polar surface area (TPSA) is 307 Å². The fourth-order valence-electron chi connectivity index (χ4n) is 11.1. The Morgan fingerprint density at radius 3 is 1.52 bits per heavy atom. The molecule has 10 heterocycles. The third-order valence-electron chi connectivity index (χ3n) is 15.3. The van der Waals surface area contributed by atoms with Crippen molar-refractivity contribution in [2.45, 2.75) is 86.9 Å². The standard InChI is InChI=1S/C25H23ClN6O3.C20H22ClN7O.C16H18N4O2/c1-13-11-28-18(14(2)21(13)35-3)10-15-12-31(20-19(15)29-25(27)30-22(20)26)8-9-32-23(33)16-6-4-5-7-17(16)24(32)34;1-12-9-24-15(13(2)18(12)29-3)8-14-10-28(7-6-27-5-4-23-11-27)17-16(14)25-20(22)26-19(17)21;1-8-7-18-12(9(2)14(8)22-3)6-10-4-5-11-13(10)19-16(17)20-15(11)21/h4-7,11-12H,8-10H2,1-3H3,(H2,27,29,30);4-5,9-11H,6-8H2,1-3H3,(H2,22,25,26);4,7H,5-6H2,1-3H3,(H3,17,19,20,21). The number of nitrogens with one attached hydrogen (secondary N) is 1. The highest BCUT2D eigenvalue weighted by Crippen LogP contribution is 2.35. The Morgan fingerprint density at radius 2 is 1.07 bits per heavy atom. The van der Waals surface area contributed by atoms with Gasteiger partial charge in [-0.3, -0.25) is 39.2 Å². The predicted octanol–water partition coefficient (Wildman–Crippen LogP) is 8.30. The minimum atomic E-state index is -0.305. The number of nitrogens with two attached hydrogens (primary N) is 3. The van der Waals surface area contributed by atoms with Gasteiger partial charge in [-0.05, 0) is 65.7 Å². The Balaban J connectivity index is 0.000000147. The highest BCUT2D eigenvalue weighted by molar-refractivity contribution is 6.34. The first-order chi connectivity index (χ1) is 41.3. The fraction of sp³-hybridized carbons (Fsp3) is 0.279. The van der Waals surface area contributed by atoms with Gasteiger partial charge in [0, 0.05) is 139 Å². The predicted molar refractivity (Wildman–Crippen MR) is 329 cm³/mol. The van der Waals surface area contributed by atoms with Gasteiger partial charge in [-0.2, -0.15) is 9.97 Å². The van der Waals surface area contributed by atoms with Crippen LogP contribution in [0.4, 0.5) is 17.8 Å². The summed E-state index contributed by atoms with van der Waals surface area (Å²) in [6, 6.07) is 6.82. The molecule has 0 saturated carbocycles. The minimum absolute atomic E-state index is 0.0630. The summed E-state index contributed by atoms with van der Waals surface area (Å²) in [7, 11) is 4.97. The number of aromatic amines is 1. The number of allylic oxidation sites excluding steroid dienone is 2. The Labute approximate surface area is 504 Å². The van der Waals surface area contributed by atoms with E-state index in [9.17, 15) is 14.4 Å². The summed E-state index contributed by atoms with van der Waals surface area (Å²) in [6.45, 7) is 13.8. The van der Waals surface area contributed by atoms with Crippen LogP contribution >= 0.6 is 23.2 Å². The van der Waals surface area contributed by atoms with E-state index in [1.54, 1.807) is 70.5 Å². The average Bonchev–Trinajstić information content (AvgIpc) is 2.05. The monoisotopic (exact) mass is 1200 g/mol. The number of imidazole rings is 1. The Hall–Kier alpha value is -9.74. The number of hydrogen-bond donors (Lipinski definition) is 4. The van der Waals surface area contributed by atoms with Gasteiger partial charge in [-0.25, -0.2) is 19.9 Å². The van der Waals surface area contributed by atoms with Crippen LogP contribution in [0.3, 0.4) is 0 Å². The number of carbonyl (C=O) groups is 2. The van der Waals surface area contributed by atoms with Gasteiger partial charge in [0.1, 0.15) is 28.3 Å². The number of benzene rings is 1. The lowest BCUT2D eigenvalue weighted by atomic mass is 10.0. The van der Waals surface area contributed by atoms with Crippen LogP contribution in [0.1, 0.15) is 93.6 Å². The van der Waals surface area contributed by atoms with Gasteiger partial charge < -0.3 is 45.1 Å². The number of H-pyrrole nitrogens is 1. The molecule has 0 saturated heterocycles. The number of aryl methyl sites for hydroxylation is 5. The maximum Gasteiger partial charge on any atom is 0.261 e. The first-order valence-electron chi connectivity index (χ1n) is 27.4. The number of nitrogen functional groups attached to an aromatic ring is 3. The molecule has 10 aromatic rings. The summed E-state index contributed by atoms with van der Waals surface area (Å²) in [5, 5.41) is 0.544. The fourth-order valence-corrected chi connectivity index (χ4v) is 11.7. The van der Waals surface area contributed by atoms with Gasteiger partial charge in [0.25, 0.3) is 17.4 Å². The maximum atomic E-state index is 12.8. The molecule has 0 spiro atoms. The summed E-state index contributed by atoms with van der Waals surface area (Å²) in [6.07, 6.45) is 19.1. The van der Waals surface area contributed by atoms with Crippen LogP contribution in [0, 0.1) is 41.5 Å². The molecule has 2 amide bonds. The molecule has 25 heteroatoms. The zero-order valence-electron chi connectivity index (χ0n) is 48.9. The van der Waals surface area contributed by atoms with Crippen LogP contribution in [0.2, 0.25) is 10.3 Å². The number of imide groups is 1. The Bertz CT molecular complexity index is 4350. The van der Waals surface area contributed by atoms with E-state index >= 15 is 0 Å². The van der Waals surface area contributed by atoms with E-state index in [1.165, 1.54) is 4.90 Å². The van der Waals surface area contributed by atoms with E-state index in [0.717, 1.165) is 102 Å². The number of fused-ring (bicyclic) bond motifs is 4. The second kappa shape index (κ2) is 24.8. The quantitative estimate of drug-likeness (QED) is 0.0554. The molecule has 0 atom stereocenters. The molecule has 1 aliphatic carbocycles. The van der Waals surface area contributed by atoms with Gasteiger partial charge in [0.05, 0.1) is 72.6 Å². The highest BCUT2D eigenvalue weighted by Gasteiger charge is 2.35. The molecular weight excluding hydrogens is 1140 g/mol. The van der Waals surface area contributed by atoms with Crippen LogP contribution in [-0.2, 0) is 45.3 Å². The second-order valence-electron chi connectivity index (χ2n) is 20.8. The van der Waals surface area contributed by atoms with Gasteiger partial charge in [-0.15, -0.1) is 0 Å². The summed E-state index contributed by atoms with van der Waals surface area (Å²) < 4.78 is 22.5. The van der Waals surface area contributed by atoms with E-state index in [-0.39, 0.29) is 46.9 Å². The third-order valence-corrected chi connectivity index (χ3v) is 15.9. The molecule has 12 rings (SSSR count). The van der Waals surface area contributed by atoms with Gasteiger partial charge in [0.15, 0.2) is 10.3 Å². The van der Waals surface area contributed by atoms with Gasteiger partial charge in [-0.1, -0.05) is 41.4 Å². The lowest BCUT2D eigenvalue weighted by Gasteiger charge is -2.15. The highest BCUT2D eigenvalue weighted by atomic mass is 35.5. The lowest BCUT2D eigenvalue weighted by molar-refractivity contribution is 0.0649. The minimum Gasteiger partial charge on any atom is -0.496 e. The van der Waals surface area contributed by atoms with Crippen molar-refractivity contribution in [1.82, 2.24) is 68.4 Å². The van der Waals surface area contributed by atoms with Crippen molar-refractivity contribution in [3.05, 3.63) is 185 Å².